The van der Waals surface area contributed by atoms with E-state index in [1.807, 2.05) is 18.2 Å². The Morgan fingerprint density at radius 2 is 1.93 bits per heavy atom. The number of methoxy groups -OCH3 is 2. The van der Waals surface area contributed by atoms with E-state index in [0.717, 1.165) is 22.7 Å². The van der Waals surface area contributed by atoms with Gasteiger partial charge in [0.15, 0.2) is 17.5 Å². The first-order valence-corrected chi connectivity index (χ1v) is 9.41. The van der Waals surface area contributed by atoms with Gasteiger partial charge in [0.1, 0.15) is 0 Å². The molecule has 0 saturated carbocycles. The smallest absolute Gasteiger partial charge is 0.188 e. The van der Waals surface area contributed by atoms with Gasteiger partial charge in [0.05, 0.1) is 31.5 Å². The molecule has 0 aliphatic carbocycles. The molecule has 0 atom stereocenters. The molecule has 0 amide bonds. The molecule has 0 spiro atoms. The van der Waals surface area contributed by atoms with Crippen molar-refractivity contribution in [3.63, 3.8) is 0 Å². The van der Waals surface area contributed by atoms with Crippen LogP contribution in [-0.4, -0.2) is 31.7 Å². The van der Waals surface area contributed by atoms with Crippen molar-refractivity contribution in [1.82, 2.24) is 10.3 Å². The molecule has 6 nitrogen and oxygen atoms in total. The minimum absolute atomic E-state index is 0. The summed E-state index contributed by atoms with van der Waals surface area (Å²) in [4.78, 5) is 9.05. The van der Waals surface area contributed by atoms with Crippen LogP contribution in [0.5, 0.6) is 11.5 Å². The molecule has 1 aromatic heterocycles. The first-order chi connectivity index (χ1) is 12.3. The van der Waals surface area contributed by atoms with Crippen LogP contribution in [0.1, 0.15) is 37.0 Å². The molecule has 2 aromatic rings. The third-order valence-electron chi connectivity index (χ3n) is 3.76. The molecule has 3 N–H and O–H groups in total. The van der Waals surface area contributed by atoms with Crippen molar-refractivity contribution < 1.29 is 9.47 Å². The molecule has 0 unspecified atom stereocenters. The summed E-state index contributed by atoms with van der Waals surface area (Å²) in [6.45, 7) is 7.70. The first-order valence-electron chi connectivity index (χ1n) is 8.53. The lowest BCUT2D eigenvalue weighted by molar-refractivity contribution is 0.354. The normalized spacial score (nSPS) is 11.7. The summed E-state index contributed by atoms with van der Waals surface area (Å²) in [5, 5.41) is 6.40. The molecular weight excluding hydrogens is 475 g/mol. The molecular formula is C19H29IN4O2S. The number of nitrogens with two attached hydrogens (primary N) is 1. The number of thiazole rings is 1. The molecule has 2 rings (SSSR count). The molecule has 0 aliphatic rings. The molecule has 0 radical (unpaired) electrons. The van der Waals surface area contributed by atoms with E-state index in [1.165, 1.54) is 0 Å². The van der Waals surface area contributed by atoms with Gasteiger partial charge in [-0.25, -0.2) is 9.98 Å². The van der Waals surface area contributed by atoms with Crippen LogP contribution in [0.25, 0.3) is 0 Å². The number of rotatable bonds is 7. The molecule has 150 valence electrons. The maximum atomic E-state index is 5.95. The van der Waals surface area contributed by atoms with E-state index in [2.05, 4.69) is 41.4 Å². The van der Waals surface area contributed by atoms with Crippen LogP contribution in [0.4, 0.5) is 0 Å². The van der Waals surface area contributed by atoms with Crippen molar-refractivity contribution in [2.24, 2.45) is 10.7 Å². The fourth-order valence-electron chi connectivity index (χ4n) is 2.30. The van der Waals surface area contributed by atoms with Crippen LogP contribution in [0.15, 0.2) is 28.6 Å². The summed E-state index contributed by atoms with van der Waals surface area (Å²) in [5.74, 6) is 1.81. The van der Waals surface area contributed by atoms with Gasteiger partial charge in [-0.05, 0) is 17.7 Å². The molecule has 27 heavy (non-hydrogen) atoms. The van der Waals surface area contributed by atoms with Crippen LogP contribution in [0.2, 0.25) is 0 Å². The zero-order valence-corrected chi connectivity index (χ0v) is 19.7. The monoisotopic (exact) mass is 504 g/mol. The third-order valence-corrected chi connectivity index (χ3v) is 5.08. The number of benzene rings is 1. The molecule has 1 heterocycles. The lowest BCUT2D eigenvalue weighted by atomic mass is 9.98. The van der Waals surface area contributed by atoms with Crippen molar-refractivity contribution >= 4 is 41.3 Å². The Balaban J connectivity index is 0.00000364. The highest BCUT2D eigenvalue weighted by molar-refractivity contribution is 14.0. The highest BCUT2D eigenvalue weighted by Crippen LogP contribution is 2.28. The third kappa shape index (κ3) is 7.17. The van der Waals surface area contributed by atoms with Crippen LogP contribution in [0, 0.1) is 0 Å². The standard InChI is InChI=1S/C19H28N4O2S.HI/c1-19(2,3)17-23-14(12-26-17)8-9-21-18(20)22-11-13-6-7-15(24-4)16(10-13)25-5;/h6-7,10,12H,8-9,11H2,1-5H3,(H3,20,21,22);1H. The average Bonchev–Trinajstić information content (AvgIpc) is 3.09. The molecule has 0 saturated heterocycles. The number of aliphatic imine (C=N–C) groups is 1. The van der Waals surface area contributed by atoms with Gasteiger partial charge in [-0.15, -0.1) is 35.3 Å². The van der Waals surface area contributed by atoms with E-state index in [0.29, 0.717) is 30.5 Å². The second-order valence-electron chi connectivity index (χ2n) is 6.96. The van der Waals surface area contributed by atoms with Gasteiger partial charge < -0.3 is 20.5 Å². The van der Waals surface area contributed by atoms with Crippen molar-refractivity contribution in [2.45, 2.75) is 39.2 Å². The van der Waals surface area contributed by atoms with Crippen molar-refractivity contribution in [2.75, 3.05) is 20.8 Å². The molecule has 0 aliphatic heterocycles. The fraction of sp³-hybridized carbons (Fsp3) is 0.474. The number of ether oxygens (including phenoxy) is 2. The number of aromatic nitrogens is 1. The Kier molecular flexibility index (Phi) is 9.31. The Bertz CT molecular complexity index is 756. The van der Waals surface area contributed by atoms with E-state index in [4.69, 9.17) is 15.2 Å². The maximum absolute atomic E-state index is 5.95. The topological polar surface area (TPSA) is 81.8 Å². The highest BCUT2D eigenvalue weighted by Gasteiger charge is 2.17. The van der Waals surface area contributed by atoms with Crippen molar-refractivity contribution in [3.05, 3.63) is 39.8 Å². The fourth-order valence-corrected chi connectivity index (χ4v) is 3.24. The van der Waals surface area contributed by atoms with E-state index in [9.17, 15) is 0 Å². The van der Waals surface area contributed by atoms with E-state index < -0.39 is 0 Å². The van der Waals surface area contributed by atoms with Gasteiger partial charge in [0, 0.05) is 23.8 Å². The first kappa shape index (κ1) is 23.5. The Morgan fingerprint density at radius 1 is 1.22 bits per heavy atom. The highest BCUT2D eigenvalue weighted by atomic mass is 127. The minimum atomic E-state index is 0. The average molecular weight is 504 g/mol. The predicted molar refractivity (Wildman–Crippen MR) is 123 cm³/mol. The number of nitrogens with one attached hydrogen (secondary N) is 1. The van der Waals surface area contributed by atoms with Gasteiger partial charge in [-0.1, -0.05) is 26.8 Å². The van der Waals surface area contributed by atoms with Gasteiger partial charge in [-0.3, -0.25) is 0 Å². The number of halogens is 1. The van der Waals surface area contributed by atoms with Crippen molar-refractivity contribution in [1.29, 1.82) is 0 Å². The zero-order valence-electron chi connectivity index (χ0n) is 16.5. The van der Waals surface area contributed by atoms with Crippen LogP contribution in [0.3, 0.4) is 0 Å². The van der Waals surface area contributed by atoms with Crippen LogP contribution < -0.4 is 20.5 Å². The van der Waals surface area contributed by atoms with Crippen LogP contribution in [-0.2, 0) is 18.4 Å². The van der Waals surface area contributed by atoms with Crippen LogP contribution >= 0.6 is 35.3 Å². The largest absolute Gasteiger partial charge is 0.493 e. The maximum Gasteiger partial charge on any atom is 0.188 e. The SMILES string of the molecule is COc1ccc(CN=C(N)NCCc2csc(C(C)(C)C)n2)cc1OC.I. The summed E-state index contributed by atoms with van der Waals surface area (Å²) in [5.41, 5.74) is 8.13. The number of hydrogen-bond donors (Lipinski definition) is 2. The van der Waals surface area contributed by atoms with Gasteiger partial charge in [0.25, 0.3) is 0 Å². The summed E-state index contributed by atoms with van der Waals surface area (Å²) in [7, 11) is 3.23. The zero-order chi connectivity index (χ0) is 19.2. The van der Waals surface area contributed by atoms with Gasteiger partial charge >= 0.3 is 0 Å². The number of hydrogen-bond acceptors (Lipinski definition) is 5. The number of guanidine groups is 1. The molecule has 1 aromatic carbocycles. The number of nitrogens with zero attached hydrogens (tertiary/aromatic N) is 2. The lowest BCUT2D eigenvalue weighted by Crippen LogP contribution is -2.33. The van der Waals surface area contributed by atoms with E-state index >= 15 is 0 Å². The quantitative estimate of drug-likeness (QED) is 0.341. The Hall–Kier alpha value is -1.55. The van der Waals surface area contributed by atoms with Gasteiger partial charge in [0.2, 0.25) is 0 Å². The second kappa shape index (κ2) is 10.7. The summed E-state index contributed by atoms with van der Waals surface area (Å²) < 4.78 is 10.5. The van der Waals surface area contributed by atoms with Crippen molar-refractivity contribution in [3.8, 4) is 11.5 Å². The Morgan fingerprint density at radius 3 is 2.52 bits per heavy atom. The Labute approximate surface area is 182 Å². The summed E-state index contributed by atoms with van der Waals surface area (Å²) in [6, 6.07) is 5.71. The van der Waals surface area contributed by atoms with Gasteiger partial charge in [-0.2, -0.15) is 0 Å². The van der Waals surface area contributed by atoms with E-state index in [-0.39, 0.29) is 29.4 Å². The lowest BCUT2D eigenvalue weighted by Gasteiger charge is -2.13. The predicted octanol–water partition coefficient (Wildman–Crippen LogP) is 3.72. The molecule has 0 bridgehead atoms. The summed E-state index contributed by atoms with van der Waals surface area (Å²) >= 11 is 1.71. The minimum Gasteiger partial charge on any atom is -0.493 e. The molecule has 0 fully saturated rings. The second-order valence-corrected chi connectivity index (χ2v) is 7.82. The summed E-state index contributed by atoms with van der Waals surface area (Å²) in [6.07, 6.45) is 0.819. The molecule has 8 heteroatoms. The van der Waals surface area contributed by atoms with E-state index in [1.54, 1.807) is 25.6 Å².